The van der Waals surface area contributed by atoms with Gasteiger partial charge in [0.2, 0.25) is 4.96 Å². The molecule has 0 bridgehead atoms. The molecule has 0 aliphatic rings. The maximum atomic E-state index is 5.85. The Morgan fingerprint density at radius 2 is 2.04 bits per heavy atom. The Morgan fingerprint density at radius 1 is 1.13 bits per heavy atom. The van der Waals surface area contributed by atoms with Crippen molar-refractivity contribution in [2.24, 2.45) is 0 Å². The van der Waals surface area contributed by atoms with E-state index in [1.807, 2.05) is 29.6 Å². The van der Waals surface area contributed by atoms with E-state index in [0.717, 1.165) is 26.4 Å². The maximum absolute atomic E-state index is 5.85. The number of hydrogen-bond donors (Lipinski definition) is 0. The van der Waals surface area contributed by atoms with Gasteiger partial charge in [-0.1, -0.05) is 23.5 Å². The Labute approximate surface area is 141 Å². The molecule has 0 aliphatic carbocycles. The third-order valence-electron chi connectivity index (χ3n) is 3.61. The van der Waals surface area contributed by atoms with Crippen molar-refractivity contribution in [3.8, 4) is 16.5 Å². The second-order valence-electron chi connectivity index (χ2n) is 5.23. The second kappa shape index (κ2) is 5.75. The van der Waals surface area contributed by atoms with E-state index in [9.17, 15) is 0 Å². The third kappa shape index (κ3) is 2.73. The van der Waals surface area contributed by atoms with Gasteiger partial charge in [-0.3, -0.25) is 0 Å². The number of fused-ring (bicyclic) bond motifs is 1. The first-order chi connectivity index (χ1) is 11.2. The van der Waals surface area contributed by atoms with Gasteiger partial charge in [0.15, 0.2) is 10.8 Å². The van der Waals surface area contributed by atoms with E-state index in [4.69, 9.17) is 4.74 Å². The lowest BCUT2D eigenvalue weighted by Gasteiger charge is -2.06. The molecule has 0 fully saturated rings. The Balaban J connectivity index is 1.56. The second-order valence-corrected chi connectivity index (χ2v) is 7.21. The number of rotatable bonds is 4. The van der Waals surface area contributed by atoms with Gasteiger partial charge in [-0.2, -0.15) is 9.61 Å². The first-order valence-electron chi connectivity index (χ1n) is 7.16. The lowest BCUT2D eigenvalue weighted by molar-refractivity contribution is 0.304. The zero-order valence-corrected chi connectivity index (χ0v) is 14.3. The average molecular weight is 342 g/mol. The van der Waals surface area contributed by atoms with Gasteiger partial charge in [0.25, 0.3) is 0 Å². The van der Waals surface area contributed by atoms with Crippen molar-refractivity contribution < 1.29 is 4.74 Å². The minimum Gasteiger partial charge on any atom is -0.486 e. The van der Waals surface area contributed by atoms with E-state index in [1.165, 1.54) is 22.5 Å². The van der Waals surface area contributed by atoms with Crippen molar-refractivity contribution in [2.45, 2.75) is 20.5 Å². The summed E-state index contributed by atoms with van der Waals surface area (Å²) in [4.78, 5) is 1.84. The highest BCUT2D eigenvalue weighted by Gasteiger charge is 2.14. The number of benzene rings is 1. The number of aromatic nitrogens is 4. The van der Waals surface area contributed by atoms with Crippen LogP contribution in [-0.2, 0) is 6.61 Å². The fraction of sp³-hybridized carbons (Fsp3) is 0.188. The van der Waals surface area contributed by atoms with E-state index < -0.39 is 0 Å². The largest absolute Gasteiger partial charge is 0.486 e. The molecular formula is C16H14N4OS2. The molecular weight excluding hydrogens is 328 g/mol. The summed E-state index contributed by atoms with van der Waals surface area (Å²) < 4.78 is 7.63. The molecule has 1 aromatic carbocycles. The molecule has 0 amide bonds. The fourth-order valence-electron chi connectivity index (χ4n) is 2.22. The minimum absolute atomic E-state index is 0.431. The van der Waals surface area contributed by atoms with Crippen LogP contribution in [0.3, 0.4) is 0 Å². The van der Waals surface area contributed by atoms with Crippen LogP contribution in [0.5, 0.6) is 5.75 Å². The summed E-state index contributed by atoms with van der Waals surface area (Å²) in [6.07, 6.45) is 0. The summed E-state index contributed by atoms with van der Waals surface area (Å²) in [6.45, 7) is 4.60. The summed E-state index contributed by atoms with van der Waals surface area (Å²) in [5.74, 6) is 1.64. The van der Waals surface area contributed by atoms with Gasteiger partial charge in [0.1, 0.15) is 12.4 Å². The first kappa shape index (κ1) is 14.3. The van der Waals surface area contributed by atoms with Crippen LogP contribution in [0.4, 0.5) is 0 Å². The number of nitrogens with zero attached hydrogens (tertiary/aromatic N) is 4. The molecule has 0 saturated heterocycles. The molecule has 4 rings (SSSR count). The van der Waals surface area contributed by atoms with Crippen LogP contribution in [0.2, 0.25) is 0 Å². The van der Waals surface area contributed by atoms with Gasteiger partial charge in [0.05, 0.1) is 4.88 Å². The molecule has 0 N–H and O–H groups in total. The topological polar surface area (TPSA) is 52.3 Å². The Hall–Kier alpha value is -2.25. The number of hydrogen-bond acceptors (Lipinski definition) is 6. The lowest BCUT2D eigenvalue weighted by Crippen LogP contribution is -1.97. The zero-order chi connectivity index (χ0) is 15.8. The lowest BCUT2D eigenvalue weighted by atomic mass is 10.1. The summed E-state index contributed by atoms with van der Waals surface area (Å²) in [6, 6.07) is 10.1. The van der Waals surface area contributed by atoms with Crippen molar-refractivity contribution in [3.63, 3.8) is 0 Å². The molecule has 7 heteroatoms. The summed E-state index contributed by atoms with van der Waals surface area (Å²) in [5, 5.41) is 15.9. The molecule has 0 spiro atoms. The minimum atomic E-state index is 0.431. The number of thiophene rings is 1. The number of aryl methyl sites for hydroxylation is 2. The van der Waals surface area contributed by atoms with Crippen molar-refractivity contribution in [1.29, 1.82) is 0 Å². The molecule has 23 heavy (non-hydrogen) atoms. The Morgan fingerprint density at radius 3 is 2.83 bits per heavy atom. The molecule has 0 saturated carbocycles. The van der Waals surface area contributed by atoms with Crippen molar-refractivity contribution in [3.05, 3.63) is 51.8 Å². The van der Waals surface area contributed by atoms with Crippen molar-refractivity contribution in [1.82, 2.24) is 19.8 Å². The SMILES string of the molecule is Cc1ccc(OCc2nn3c(-c4cccs4)nnc3s2)cc1C. The van der Waals surface area contributed by atoms with Gasteiger partial charge < -0.3 is 4.74 Å². The third-order valence-corrected chi connectivity index (χ3v) is 5.35. The molecule has 0 radical (unpaired) electrons. The predicted molar refractivity (Wildman–Crippen MR) is 92.2 cm³/mol. The zero-order valence-electron chi connectivity index (χ0n) is 12.7. The van der Waals surface area contributed by atoms with E-state index in [1.54, 1.807) is 15.9 Å². The highest BCUT2D eigenvalue weighted by Crippen LogP contribution is 2.26. The van der Waals surface area contributed by atoms with Crippen LogP contribution in [0.25, 0.3) is 15.7 Å². The summed E-state index contributed by atoms with van der Waals surface area (Å²) in [7, 11) is 0. The molecule has 0 unspecified atom stereocenters. The van der Waals surface area contributed by atoms with E-state index >= 15 is 0 Å². The molecule has 116 valence electrons. The molecule has 5 nitrogen and oxygen atoms in total. The molecule has 3 heterocycles. The smallest absolute Gasteiger partial charge is 0.235 e. The van der Waals surface area contributed by atoms with Gasteiger partial charge >= 0.3 is 0 Å². The Kier molecular flexibility index (Phi) is 3.59. The number of ether oxygens (including phenoxy) is 1. The van der Waals surface area contributed by atoms with Gasteiger partial charge in [0, 0.05) is 0 Å². The summed E-state index contributed by atoms with van der Waals surface area (Å²) in [5.41, 5.74) is 2.48. The van der Waals surface area contributed by atoms with Gasteiger partial charge in [-0.25, -0.2) is 0 Å². The van der Waals surface area contributed by atoms with Gasteiger partial charge in [-0.15, -0.1) is 21.5 Å². The Bertz CT molecular complexity index is 956. The van der Waals surface area contributed by atoms with Crippen LogP contribution >= 0.6 is 22.7 Å². The highest BCUT2D eigenvalue weighted by molar-refractivity contribution is 7.16. The first-order valence-corrected chi connectivity index (χ1v) is 8.85. The molecule has 4 aromatic rings. The highest BCUT2D eigenvalue weighted by atomic mass is 32.1. The monoisotopic (exact) mass is 342 g/mol. The molecule has 0 aliphatic heterocycles. The normalized spacial score (nSPS) is 11.2. The van der Waals surface area contributed by atoms with Crippen LogP contribution < -0.4 is 4.74 Å². The van der Waals surface area contributed by atoms with Crippen LogP contribution in [0, 0.1) is 13.8 Å². The van der Waals surface area contributed by atoms with E-state index in [-0.39, 0.29) is 0 Å². The molecule has 0 atom stereocenters. The van der Waals surface area contributed by atoms with Crippen LogP contribution in [0.15, 0.2) is 35.7 Å². The molecule has 3 aromatic heterocycles. The predicted octanol–water partition coefficient (Wildman–Crippen LogP) is 4.11. The fourth-order valence-corrected chi connectivity index (χ4v) is 3.66. The van der Waals surface area contributed by atoms with Crippen molar-refractivity contribution in [2.75, 3.05) is 0 Å². The standard InChI is InChI=1S/C16H14N4OS2/c1-10-5-6-12(8-11(10)2)21-9-14-19-20-15(13-4-3-7-22-13)17-18-16(20)23-14/h3-8H,9H2,1-2H3. The quantitative estimate of drug-likeness (QED) is 0.560. The van der Waals surface area contributed by atoms with E-state index in [0.29, 0.717) is 6.61 Å². The van der Waals surface area contributed by atoms with E-state index in [2.05, 4.69) is 35.2 Å². The van der Waals surface area contributed by atoms with Crippen LogP contribution in [0.1, 0.15) is 16.1 Å². The van der Waals surface area contributed by atoms with Crippen molar-refractivity contribution >= 4 is 27.6 Å². The average Bonchev–Trinajstić information content (AvgIpc) is 3.24. The van der Waals surface area contributed by atoms with Gasteiger partial charge in [-0.05, 0) is 48.6 Å². The maximum Gasteiger partial charge on any atom is 0.235 e. The summed E-state index contributed by atoms with van der Waals surface area (Å²) >= 11 is 3.13. The van der Waals surface area contributed by atoms with Crippen LogP contribution in [-0.4, -0.2) is 19.8 Å².